The number of ether oxygens (including phenoxy) is 1. The van der Waals surface area contributed by atoms with Crippen molar-refractivity contribution in [2.75, 3.05) is 0 Å². The number of hydrogen-bond donors (Lipinski definition) is 1. The third-order valence-corrected chi connectivity index (χ3v) is 5.03. The van der Waals surface area contributed by atoms with Crippen molar-refractivity contribution in [1.82, 2.24) is 5.32 Å². The number of hydrogen-bond acceptors (Lipinski definition) is 3. The largest absolute Gasteiger partial charge is 0.486 e. The summed E-state index contributed by atoms with van der Waals surface area (Å²) in [7, 11) is 0. The van der Waals surface area contributed by atoms with Gasteiger partial charge in [0.25, 0.3) is 5.91 Å². The molecule has 4 nitrogen and oxygen atoms in total. The lowest BCUT2D eigenvalue weighted by molar-refractivity contribution is 0.0859. The third kappa shape index (κ3) is 3.99. The predicted octanol–water partition coefficient (Wildman–Crippen LogP) is 4.41. The van der Waals surface area contributed by atoms with Gasteiger partial charge in [0.05, 0.1) is 0 Å². The molecule has 0 saturated heterocycles. The lowest BCUT2D eigenvalue weighted by Crippen LogP contribution is -2.43. The molecule has 3 atom stereocenters. The smallest absolute Gasteiger partial charge is 0.287 e. The summed E-state index contributed by atoms with van der Waals surface area (Å²) >= 11 is 0. The lowest BCUT2D eigenvalue weighted by atomic mass is 9.78. The minimum atomic E-state index is -0.132. The van der Waals surface area contributed by atoms with E-state index in [1.807, 2.05) is 30.3 Å². The van der Waals surface area contributed by atoms with Gasteiger partial charge in [-0.25, -0.2) is 0 Å². The number of amides is 1. The van der Waals surface area contributed by atoms with Crippen molar-refractivity contribution in [2.45, 2.75) is 45.8 Å². The summed E-state index contributed by atoms with van der Waals surface area (Å²) in [6.45, 7) is 4.79. The maximum absolute atomic E-state index is 12.4. The van der Waals surface area contributed by atoms with Gasteiger partial charge in [-0.1, -0.05) is 44.9 Å². The van der Waals surface area contributed by atoms with E-state index in [0.717, 1.165) is 12.2 Å². The average molecular weight is 327 g/mol. The molecule has 1 fully saturated rings. The van der Waals surface area contributed by atoms with Crippen LogP contribution in [0.4, 0.5) is 0 Å². The molecule has 1 heterocycles. The van der Waals surface area contributed by atoms with E-state index in [4.69, 9.17) is 9.15 Å². The molecule has 1 aromatic heterocycles. The molecule has 0 unspecified atom stereocenters. The van der Waals surface area contributed by atoms with Crippen LogP contribution in [-0.4, -0.2) is 11.9 Å². The van der Waals surface area contributed by atoms with Crippen LogP contribution in [0, 0.1) is 11.8 Å². The van der Waals surface area contributed by atoms with Crippen molar-refractivity contribution in [2.24, 2.45) is 11.8 Å². The van der Waals surface area contributed by atoms with Gasteiger partial charge in [-0.05, 0) is 42.5 Å². The number of rotatable bonds is 5. The lowest BCUT2D eigenvalue weighted by Gasteiger charge is -2.34. The van der Waals surface area contributed by atoms with Gasteiger partial charge in [-0.15, -0.1) is 0 Å². The molecule has 2 aromatic rings. The van der Waals surface area contributed by atoms with Gasteiger partial charge >= 0.3 is 0 Å². The molecule has 4 heteroatoms. The summed E-state index contributed by atoms with van der Waals surface area (Å²) in [4.78, 5) is 12.4. The third-order valence-electron chi connectivity index (χ3n) is 5.03. The predicted molar refractivity (Wildman–Crippen MR) is 92.9 cm³/mol. The molecule has 0 bridgehead atoms. The Labute approximate surface area is 143 Å². The molecule has 0 radical (unpaired) electrons. The second-order valence-corrected chi connectivity index (χ2v) is 6.71. The number of benzene rings is 1. The van der Waals surface area contributed by atoms with Gasteiger partial charge in [-0.3, -0.25) is 4.79 Å². The number of carbonyl (C=O) groups excluding carboxylic acids is 1. The molecule has 128 valence electrons. The Morgan fingerprint density at radius 1 is 1.17 bits per heavy atom. The van der Waals surface area contributed by atoms with Crippen LogP contribution in [0.25, 0.3) is 0 Å². The second kappa shape index (κ2) is 7.56. The van der Waals surface area contributed by atoms with E-state index >= 15 is 0 Å². The van der Waals surface area contributed by atoms with Crippen LogP contribution in [0.1, 0.15) is 49.4 Å². The van der Waals surface area contributed by atoms with E-state index in [2.05, 4.69) is 19.2 Å². The summed E-state index contributed by atoms with van der Waals surface area (Å²) < 4.78 is 11.3. The zero-order valence-corrected chi connectivity index (χ0v) is 14.3. The topological polar surface area (TPSA) is 51.5 Å². The first kappa shape index (κ1) is 16.6. The van der Waals surface area contributed by atoms with Crippen molar-refractivity contribution in [3.8, 4) is 5.75 Å². The van der Waals surface area contributed by atoms with Crippen molar-refractivity contribution in [3.05, 3.63) is 54.0 Å². The Hall–Kier alpha value is -2.23. The zero-order valence-electron chi connectivity index (χ0n) is 14.3. The summed E-state index contributed by atoms with van der Waals surface area (Å²) in [6, 6.07) is 13.3. The summed E-state index contributed by atoms with van der Waals surface area (Å²) in [5.74, 6) is 2.80. The average Bonchev–Trinajstić information content (AvgIpc) is 3.07. The molecule has 24 heavy (non-hydrogen) atoms. The minimum Gasteiger partial charge on any atom is -0.486 e. The summed E-state index contributed by atoms with van der Waals surface area (Å²) in [6.07, 6.45) is 3.46. The minimum absolute atomic E-state index is 0.132. The maximum Gasteiger partial charge on any atom is 0.287 e. The van der Waals surface area contributed by atoms with Crippen LogP contribution >= 0.6 is 0 Å². The zero-order chi connectivity index (χ0) is 16.9. The molecule has 0 aliphatic heterocycles. The van der Waals surface area contributed by atoms with E-state index in [1.165, 1.54) is 12.8 Å². The summed E-state index contributed by atoms with van der Waals surface area (Å²) in [5, 5.41) is 3.13. The van der Waals surface area contributed by atoms with Gasteiger partial charge in [0.15, 0.2) is 5.76 Å². The fourth-order valence-electron chi connectivity index (χ4n) is 3.27. The van der Waals surface area contributed by atoms with E-state index < -0.39 is 0 Å². The highest BCUT2D eigenvalue weighted by molar-refractivity contribution is 5.91. The van der Waals surface area contributed by atoms with E-state index in [9.17, 15) is 4.79 Å². The summed E-state index contributed by atoms with van der Waals surface area (Å²) in [5.41, 5.74) is 0. The normalized spacial score (nSPS) is 23.7. The van der Waals surface area contributed by atoms with Gasteiger partial charge in [0.2, 0.25) is 0 Å². The standard InChI is InChI=1S/C20H25NO3/c1-14-7-6-10-18(15(14)2)21-20(22)19-12-11-17(24-19)13-23-16-8-4-3-5-9-16/h3-5,8-9,11-12,14-15,18H,6-7,10,13H2,1-2H3,(H,21,22)/t14-,15+,18+/m0/s1. The first-order valence-corrected chi connectivity index (χ1v) is 8.71. The molecule has 3 rings (SSSR count). The van der Waals surface area contributed by atoms with Gasteiger partial charge in [0.1, 0.15) is 18.1 Å². The van der Waals surface area contributed by atoms with Crippen LogP contribution in [0.3, 0.4) is 0 Å². The van der Waals surface area contributed by atoms with E-state index in [-0.39, 0.29) is 11.9 Å². The van der Waals surface area contributed by atoms with Crippen molar-refractivity contribution in [3.63, 3.8) is 0 Å². The van der Waals surface area contributed by atoms with Gasteiger partial charge < -0.3 is 14.5 Å². The van der Waals surface area contributed by atoms with Crippen LogP contribution in [0.2, 0.25) is 0 Å². The fraction of sp³-hybridized carbons (Fsp3) is 0.450. The number of carbonyl (C=O) groups is 1. The van der Waals surface area contributed by atoms with Gasteiger partial charge in [-0.2, -0.15) is 0 Å². The maximum atomic E-state index is 12.4. The van der Waals surface area contributed by atoms with Crippen LogP contribution in [-0.2, 0) is 6.61 Å². The molecule has 1 aromatic carbocycles. The van der Waals surface area contributed by atoms with Crippen molar-refractivity contribution < 1.29 is 13.9 Å². The first-order chi connectivity index (χ1) is 11.6. The molecule has 1 aliphatic rings. The monoisotopic (exact) mass is 327 g/mol. The molecule has 1 N–H and O–H groups in total. The van der Waals surface area contributed by atoms with Crippen LogP contribution < -0.4 is 10.1 Å². The highest BCUT2D eigenvalue weighted by Crippen LogP contribution is 2.29. The Bertz CT molecular complexity index is 665. The Kier molecular flexibility index (Phi) is 5.24. The first-order valence-electron chi connectivity index (χ1n) is 8.71. The fourth-order valence-corrected chi connectivity index (χ4v) is 3.27. The molecular formula is C20H25NO3. The highest BCUT2D eigenvalue weighted by Gasteiger charge is 2.29. The van der Waals surface area contributed by atoms with E-state index in [0.29, 0.717) is 30.0 Å². The van der Waals surface area contributed by atoms with Crippen LogP contribution in [0.15, 0.2) is 46.9 Å². The van der Waals surface area contributed by atoms with Crippen LogP contribution in [0.5, 0.6) is 5.75 Å². The number of furan rings is 1. The molecular weight excluding hydrogens is 302 g/mol. The highest BCUT2D eigenvalue weighted by atomic mass is 16.5. The quantitative estimate of drug-likeness (QED) is 0.885. The molecule has 1 amide bonds. The van der Waals surface area contributed by atoms with Gasteiger partial charge in [0, 0.05) is 6.04 Å². The Morgan fingerprint density at radius 3 is 2.75 bits per heavy atom. The Balaban J connectivity index is 1.55. The second-order valence-electron chi connectivity index (χ2n) is 6.71. The number of para-hydroxylation sites is 1. The number of nitrogens with one attached hydrogen (secondary N) is 1. The molecule has 1 aliphatic carbocycles. The molecule has 0 spiro atoms. The van der Waals surface area contributed by atoms with Crippen molar-refractivity contribution in [1.29, 1.82) is 0 Å². The SMILES string of the molecule is C[C@@H]1[C@@H](C)CCC[C@H]1NC(=O)c1ccc(COc2ccccc2)o1. The van der Waals surface area contributed by atoms with Crippen molar-refractivity contribution >= 4 is 5.91 Å². The molecule has 1 saturated carbocycles. The van der Waals surface area contributed by atoms with E-state index in [1.54, 1.807) is 12.1 Å². The Morgan fingerprint density at radius 2 is 1.96 bits per heavy atom.